The van der Waals surface area contributed by atoms with Gasteiger partial charge in [-0.25, -0.2) is 17.9 Å². The number of carbonyl (C=O) groups is 2. The lowest BCUT2D eigenvalue weighted by molar-refractivity contribution is -0.138. The third-order valence-electron chi connectivity index (χ3n) is 5.00. The molecule has 0 radical (unpaired) electrons. The second-order valence-electron chi connectivity index (χ2n) is 6.99. The average molecular weight is 421 g/mol. The van der Waals surface area contributed by atoms with E-state index in [0.29, 0.717) is 18.5 Å². The predicted octanol–water partition coefficient (Wildman–Crippen LogP) is 0.633. The van der Waals surface area contributed by atoms with E-state index >= 15 is 0 Å². The number of rotatable bonds is 7. The quantitative estimate of drug-likeness (QED) is 0.596. The summed E-state index contributed by atoms with van der Waals surface area (Å²) in [5.41, 5.74) is 0.959. The topological polar surface area (TPSA) is 124 Å². The molecule has 1 saturated heterocycles. The van der Waals surface area contributed by atoms with E-state index in [0.717, 1.165) is 0 Å². The Balaban J connectivity index is 1.62. The van der Waals surface area contributed by atoms with Crippen LogP contribution in [-0.4, -0.2) is 75.6 Å². The van der Waals surface area contributed by atoms with Gasteiger partial charge in [-0.1, -0.05) is 6.92 Å². The predicted molar refractivity (Wildman–Crippen MR) is 103 cm³/mol. The first-order valence-electron chi connectivity index (χ1n) is 9.33. The van der Waals surface area contributed by atoms with E-state index in [1.807, 2.05) is 13.8 Å². The average Bonchev–Trinajstić information content (AvgIpc) is 3.36. The van der Waals surface area contributed by atoms with Crippen molar-refractivity contribution < 1.29 is 22.7 Å². The maximum atomic E-state index is 12.7. The highest BCUT2D eigenvalue weighted by Gasteiger charge is 2.36. The summed E-state index contributed by atoms with van der Waals surface area (Å²) in [6.45, 7) is 3.35. The summed E-state index contributed by atoms with van der Waals surface area (Å²) in [4.78, 5) is 26.6. The summed E-state index contributed by atoms with van der Waals surface area (Å²) in [7, 11) is -3.13. The zero-order valence-corrected chi connectivity index (χ0v) is 17.1. The first-order chi connectivity index (χ1) is 13.8. The van der Waals surface area contributed by atoms with E-state index in [1.54, 1.807) is 29.2 Å². The number of tetrazole rings is 1. The van der Waals surface area contributed by atoms with Crippen LogP contribution in [-0.2, 0) is 19.4 Å². The number of ether oxygens (including phenoxy) is 1. The molecule has 10 nitrogen and oxygen atoms in total. The van der Waals surface area contributed by atoms with Crippen LogP contribution < -0.4 is 0 Å². The van der Waals surface area contributed by atoms with Crippen LogP contribution in [0, 0.1) is 0 Å². The molecule has 0 saturated carbocycles. The van der Waals surface area contributed by atoms with Crippen LogP contribution in [0.3, 0.4) is 0 Å². The normalized spacial score (nSPS) is 18.9. The van der Waals surface area contributed by atoms with Crippen LogP contribution in [0.15, 0.2) is 30.6 Å². The second kappa shape index (κ2) is 8.68. The molecule has 29 heavy (non-hydrogen) atoms. The van der Waals surface area contributed by atoms with Gasteiger partial charge in [-0.05, 0) is 54.5 Å². The molecule has 0 aliphatic carbocycles. The highest BCUT2D eigenvalue weighted by atomic mass is 32.2. The van der Waals surface area contributed by atoms with Crippen molar-refractivity contribution in [2.75, 3.05) is 18.1 Å². The molecule has 1 aliphatic heterocycles. The Morgan fingerprint density at radius 1 is 1.31 bits per heavy atom. The lowest BCUT2D eigenvalue weighted by Crippen LogP contribution is -2.48. The molecule has 2 aromatic rings. The molecule has 1 aliphatic rings. The molecule has 2 unspecified atom stereocenters. The molecule has 1 aromatic carbocycles. The molecule has 1 aromatic heterocycles. The minimum Gasteiger partial charge on any atom is -0.452 e. The fraction of sp³-hybridized carbons (Fsp3) is 0.500. The number of carbonyl (C=O) groups excluding carboxylic acids is 2. The SMILES string of the molecule is CCC(C)N(C(=O)COC(=O)c1ccc(-n2cnnn2)cc1)C1CCS(=O)(=O)C1. The van der Waals surface area contributed by atoms with Crippen molar-refractivity contribution in [1.29, 1.82) is 0 Å². The molecule has 1 fully saturated rings. The Bertz CT molecular complexity index is 959. The first kappa shape index (κ1) is 20.9. The highest BCUT2D eigenvalue weighted by Crippen LogP contribution is 2.21. The maximum absolute atomic E-state index is 12.7. The number of sulfone groups is 1. The largest absolute Gasteiger partial charge is 0.452 e. The van der Waals surface area contributed by atoms with Crippen molar-refractivity contribution in [1.82, 2.24) is 25.1 Å². The van der Waals surface area contributed by atoms with E-state index in [4.69, 9.17) is 4.74 Å². The Morgan fingerprint density at radius 2 is 2.03 bits per heavy atom. The van der Waals surface area contributed by atoms with Crippen LogP contribution in [0.25, 0.3) is 5.69 Å². The zero-order chi connectivity index (χ0) is 21.0. The maximum Gasteiger partial charge on any atom is 0.338 e. The standard InChI is InChI=1S/C18H23N5O5S/c1-3-13(2)23(16-8-9-29(26,27)11-16)17(24)10-28-18(25)14-4-6-15(7-5-14)22-12-19-20-21-22/h4-7,12-13,16H,3,8-11H2,1-2H3. The van der Waals surface area contributed by atoms with Crippen LogP contribution in [0.4, 0.5) is 0 Å². The van der Waals surface area contributed by atoms with Gasteiger partial charge in [0.1, 0.15) is 6.33 Å². The summed E-state index contributed by atoms with van der Waals surface area (Å²) < 4.78 is 30.2. The Hall–Kier alpha value is -2.82. The number of benzene rings is 1. The molecule has 0 spiro atoms. The fourth-order valence-electron chi connectivity index (χ4n) is 3.32. The van der Waals surface area contributed by atoms with Crippen molar-refractivity contribution >= 4 is 21.7 Å². The van der Waals surface area contributed by atoms with E-state index in [1.165, 1.54) is 11.0 Å². The number of esters is 1. The molecule has 11 heteroatoms. The Labute approximate surface area is 168 Å². The highest BCUT2D eigenvalue weighted by molar-refractivity contribution is 7.91. The van der Waals surface area contributed by atoms with Crippen molar-refractivity contribution in [3.63, 3.8) is 0 Å². The van der Waals surface area contributed by atoms with Crippen molar-refractivity contribution in [2.24, 2.45) is 0 Å². The third-order valence-corrected chi connectivity index (χ3v) is 6.75. The summed E-state index contributed by atoms with van der Waals surface area (Å²) >= 11 is 0. The molecule has 3 rings (SSSR count). The van der Waals surface area contributed by atoms with Gasteiger partial charge in [-0.2, -0.15) is 0 Å². The minimum atomic E-state index is -3.13. The second-order valence-corrected chi connectivity index (χ2v) is 9.22. The smallest absolute Gasteiger partial charge is 0.338 e. The number of amides is 1. The van der Waals surface area contributed by atoms with Gasteiger partial charge in [0.15, 0.2) is 16.4 Å². The van der Waals surface area contributed by atoms with Crippen LogP contribution in [0.2, 0.25) is 0 Å². The minimum absolute atomic E-state index is 0.0460. The van der Waals surface area contributed by atoms with Gasteiger partial charge in [0.25, 0.3) is 5.91 Å². The third kappa shape index (κ3) is 4.97. The first-order valence-corrected chi connectivity index (χ1v) is 11.1. The molecular weight excluding hydrogens is 398 g/mol. The van der Waals surface area contributed by atoms with E-state index in [-0.39, 0.29) is 35.1 Å². The van der Waals surface area contributed by atoms with Crippen LogP contribution in [0.5, 0.6) is 0 Å². The van der Waals surface area contributed by atoms with Gasteiger partial charge >= 0.3 is 5.97 Å². The zero-order valence-electron chi connectivity index (χ0n) is 16.3. The molecule has 2 atom stereocenters. The van der Waals surface area contributed by atoms with Crippen molar-refractivity contribution in [3.05, 3.63) is 36.2 Å². The van der Waals surface area contributed by atoms with Crippen LogP contribution in [0.1, 0.15) is 37.0 Å². The number of aromatic nitrogens is 4. The molecule has 0 N–H and O–H groups in total. The van der Waals surface area contributed by atoms with E-state index < -0.39 is 22.4 Å². The van der Waals surface area contributed by atoms with Gasteiger partial charge in [0, 0.05) is 12.1 Å². The van der Waals surface area contributed by atoms with Crippen molar-refractivity contribution in [3.8, 4) is 5.69 Å². The number of hydrogen-bond acceptors (Lipinski definition) is 8. The monoisotopic (exact) mass is 421 g/mol. The van der Waals surface area contributed by atoms with Crippen molar-refractivity contribution in [2.45, 2.75) is 38.8 Å². The molecular formula is C18H23N5O5S. The summed E-state index contributed by atoms with van der Waals surface area (Å²) in [5.74, 6) is -0.995. The van der Waals surface area contributed by atoms with Gasteiger partial charge in [0.05, 0.1) is 22.8 Å². The van der Waals surface area contributed by atoms with Gasteiger partial charge < -0.3 is 9.64 Å². The van der Waals surface area contributed by atoms with Gasteiger partial charge in [-0.15, -0.1) is 5.10 Å². The Kier molecular flexibility index (Phi) is 6.26. The van der Waals surface area contributed by atoms with E-state index in [9.17, 15) is 18.0 Å². The lowest BCUT2D eigenvalue weighted by atomic mass is 10.1. The number of nitrogens with zero attached hydrogens (tertiary/aromatic N) is 5. The van der Waals surface area contributed by atoms with E-state index in [2.05, 4.69) is 15.5 Å². The summed E-state index contributed by atoms with van der Waals surface area (Å²) in [6, 6.07) is 5.90. The summed E-state index contributed by atoms with van der Waals surface area (Å²) in [6.07, 6.45) is 2.51. The lowest BCUT2D eigenvalue weighted by Gasteiger charge is -2.33. The van der Waals surface area contributed by atoms with Gasteiger partial charge in [0.2, 0.25) is 0 Å². The van der Waals surface area contributed by atoms with Crippen LogP contribution >= 0.6 is 0 Å². The molecule has 2 heterocycles. The number of hydrogen-bond donors (Lipinski definition) is 0. The summed E-state index contributed by atoms with van der Waals surface area (Å²) in [5, 5.41) is 10.8. The Morgan fingerprint density at radius 3 is 2.59 bits per heavy atom. The molecule has 1 amide bonds. The molecule has 156 valence electrons. The van der Waals surface area contributed by atoms with Gasteiger partial charge in [-0.3, -0.25) is 4.79 Å². The fourth-order valence-corrected chi connectivity index (χ4v) is 5.03. The molecule has 0 bridgehead atoms.